The van der Waals surface area contributed by atoms with Gasteiger partial charge in [0, 0.05) is 10.6 Å². The van der Waals surface area contributed by atoms with Crippen molar-refractivity contribution in [3.63, 3.8) is 0 Å². The molecule has 0 aliphatic carbocycles. The highest BCUT2D eigenvalue weighted by Gasteiger charge is 2.21. The Morgan fingerprint density at radius 1 is 1.25 bits per heavy atom. The fourth-order valence-corrected chi connectivity index (χ4v) is 3.13. The van der Waals surface area contributed by atoms with E-state index in [2.05, 4.69) is 10.0 Å². The smallest absolute Gasteiger partial charge is 0.242 e. The largest absolute Gasteiger partial charge is 0.350 e. The molecule has 1 aromatic rings. The predicted octanol–water partition coefficient (Wildman–Crippen LogP) is 2.19. The van der Waals surface area contributed by atoms with Crippen LogP contribution in [0.2, 0.25) is 10.0 Å². The van der Waals surface area contributed by atoms with Crippen LogP contribution in [0, 0.1) is 0 Å². The first-order chi connectivity index (χ1) is 9.01. The van der Waals surface area contributed by atoms with Crippen LogP contribution in [0.5, 0.6) is 0 Å². The number of nitrogens with one attached hydrogen (secondary N) is 2. The molecule has 0 spiro atoms. The molecule has 0 aliphatic heterocycles. The van der Waals surface area contributed by atoms with Crippen LogP contribution in [0.4, 0.5) is 0 Å². The molecule has 1 rings (SSSR count). The third kappa shape index (κ3) is 5.28. The molecule has 112 valence electrons. The van der Waals surface area contributed by atoms with Gasteiger partial charge in [0.1, 0.15) is 4.90 Å². The van der Waals surface area contributed by atoms with Gasteiger partial charge < -0.3 is 5.32 Å². The van der Waals surface area contributed by atoms with Gasteiger partial charge in [-0.1, -0.05) is 23.2 Å². The van der Waals surface area contributed by atoms with Crippen molar-refractivity contribution in [2.45, 2.75) is 31.2 Å². The second-order valence-corrected chi connectivity index (χ2v) is 7.78. The number of carbonyl (C=O) groups is 1. The molecule has 0 aromatic heterocycles. The topological polar surface area (TPSA) is 75.3 Å². The van der Waals surface area contributed by atoms with Crippen molar-refractivity contribution in [1.82, 2.24) is 10.0 Å². The summed E-state index contributed by atoms with van der Waals surface area (Å²) in [4.78, 5) is 11.4. The van der Waals surface area contributed by atoms with E-state index >= 15 is 0 Å². The van der Waals surface area contributed by atoms with Crippen LogP contribution in [-0.4, -0.2) is 26.4 Å². The normalized spacial score (nSPS) is 12.2. The lowest BCUT2D eigenvalue weighted by Crippen LogP contribution is -2.45. The van der Waals surface area contributed by atoms with E-state index in [4.69, 9.17) is 23.2 Å². The maximum atomic E-state index is 12.0. The summed E-state index contributed by atoms with van der Waals surface area (Å²) in [6.07, 6.45) is 0. The van der Waals surface area contributed by atoms with E-state index in [0.717, 1.165) is 0 Å². The Balaban J connectivity index is 2.81. The van der Waals surface area contributed by atoms with Gasteiger partial charge in [0.2, 0.25) is 15.9 Å². The molecular weight excluding hydrogens is 323 g/mol. The number of benzene rings is 1. The molecule has 0 radical (unpaired) electrons. The Hall–Kier alpha value is -0.820. The zero-order valence-corrected chi connectivity index (χ0v) is 13.7. The molecule has 0 heterocycles. The van der Waals surface area contributed by atoms with Gasteiger partial charge in [-0.15, -0.1) is 0 Å². The van der Waals surface area contributed by atoms with E-state index in [1.54, 1.807) is 20.8 Å². The monoisotopic (exact) mass is 338 g/mol. The van der Waals surface area contributed by atoms with Gasteiger partial charge in [0.15, 0.2) is 0 Å². The Kier molecular flexibility index (Phi) is 5.43. The van der Waals surface area contributed by atoms with E-state index in [9.17, 15) is 13.2 Å². The highest BCUT2D eigenvalue weighted by atomic mass is 35.5. The van der Waals surface area contributed by atoms with Crippen LogP contribution < -0.4 is 10.0 Å². The van der Waals surface area contributed by atoms with Crippen LogP contribution in [0.1, 0.15) is 20.8 Å². The zero-order chi connectivity index (χ0) is 15.6. The Labute approximate surface area is 128 Å². The number of hydrogen-bond acceptors (Lipinski definition) is 3. The van der Waals surface area contributed by atoms with Gasteiger partial charge in [0.05, 0.1) is 11.6 Å². The van der Waals surface area contributed by atoms with Crippen molar-refractivity contribution in [3.05, 3.63) is 28.2 Å². The number of sulfonamides is 1. The average Bonchev–Trinajstić information content (AvgIpc) is 2.27. The van der Waals surface area contributed by atoms with Gasteiger partial charge in [-0.3, -0.25) is 4.79 Å². The third-order valence-electron chi connectivity index (χ3n) is 2.12. The van der Waals surface area contributed by atoms with Crippen molar-refractivity contribution in [2.75, 3.05) is 6.54 Å². The molecule has 0 atom stereocenters. The molecule has 0 aliphatic rings. The van der Waals surface area contributed by atoms with E-state index < -0.39 is 21.5 Å². The summed E-state index contributed by atoms with van der Waals surface area (Å²) < 4.78 is 26.3. The molecule has 8 heteroatoms. The lowest BCUT2D eigenvalue weighted by molar-refractivity contribution is -0.121. The summed E-state index contributed by atoms with van der Waals surface area (Å²) >= 11 is 11.6. The van der Waals surface area contributed by atoms with E-state index in [0.29, 0.717) is 0 Å². The van der Waals surface area contributed by atoms with Gasteiger partial charge in [-0.25, -0.2) is 13.1 Å². The minimum atomic E-state index is -3.89. The van der Waals surface area contributed by atoms with Gasteiger partial charge >= 0.3 is 0 Å². The fourth-order valence-electron chi connectivity index (χ4n) is 1.38. The third-order valence-corrected chi connectivity index (χ3v) is 4.24. The molecule has 5 nitrogen and oxygen atoms in total. The molecule has 2 N–H and O–H groups in total. The molecule has 0 unspecified atom stereocenters. The summed E-state index contributed by atoms with van der Waals surface area (Å²) in [5.74, 6) is -0.431. The average molecular weight is 339 g/mol. The van der Waals surface area contributed by atoms with Crippen molar-refractivity contribution >= 4 is 39.1 Å². The highest BCUT2D eigenvalue weighted by molar-refractivity contribution is 7.89. The number of halogens is 2. The number of hydrogen-bond donors (Lipinski definition) is 2. The highest BCUT2D eigenvalue weighted by Crippen LogP contribution is 2.24. The number of amides is 1. The minimum absolute atomic E-state index is 0.0399. The van der Waals surface area contributed by atoms with E-state index in [1.807, 2.05) is 0 Å². The molecule has 1 amide bonds. The predicted molar refractivity (Wildman–Crippen MR) is 79.5 cm³/mol. The second-order valence-electron chi connectivity index (χ2n) is 5.20. The molecule has 0 fully saturated rings. The summed E-state index contributed by atoms with van der Waals surface area (Å²) in [6, 6.07) is 4.09. The van der Waals surface area contributed by atoms with Crippen molar-refractivity contribution in [2.24, 2.45) is 0 Å². The maximum absolute atomic E-state index is 12.0. The molecule has 1 aromatic carbocycles. The first kappa shape index (κ1) is 17.2. The molecular formula is C12H16Cl2N2O3S. The van der Waals surface area contributed by atoms with Gasteiger partial charge in [0.25, 0.3) is 0 Å². The van der Waals surface area contributed by atoms with Gasteiger partial charge in [-0.05, 0) is 39.0 Å². The van der Waals surface area contributed by atoms with Crippen LogP contribution in [0.3, 0.4) is 0 Å². The zero-order valence-electron chi connectivity index (χ0n) is 11.3. The summed E-state index contributed by atoms with van der Waals surface area (Å²) in [7, 11) is -3.89. The maximum Gasteiger partial charge on any atom is 0.242 e. The standard InChI is InChI=1S/C12H16Cl2N2O3S/c1-12(2,3)16-11(17)7-15-20(18,19)10-6-8(13)4-5-9(10)14/h4-6,15H,7H2,1-3H3,(H,16,17). The Morgan fingerprint density at radius 2 is 1.85 bits per heavy atom. The van der Waals surface area contributed by atoms with Crippen LogP contribution in [-0.2, 0) is 14.8 Å². The van der Waals surface area contributed by atoms with Crippen LogP contribution >= 0.6 is 23.2 Å². The van der Waals surface area contributed by atoms with Gasteiger partial charge in [-0.2, -0.15) is 0 Å². The molecule has 20 heavy (non-hydrogen) atoms. The second kappa shape index (κ2) is 6.30. The van der Waals surface area contributed by atoms with Crippen molar-refractivity contribution in [1.29, 1.82) is 0 Å². The summed E-state index contributed by atoms with van der Waals surface area (Å²) in [5.41, 5.74) is -0.434. The fraction of sp³-hybridized carbons (Fsp3) is 0.417. The van der Waals surface area contributed by atoms with E-state index in [-0.39, 0.29) is 21.5 Å². The molecule has 0 bridgehead atoms. The van der Waals surface area contributed by atoms with Crippen LogP contribution in [0.25, 0.3) is 0 Å². The first-order valence-corrected chi connectivity index (χ1v) is 8.01. The minimum Gasteiger partial charge on any atom is -0.350 e. The number of rotatable bonds is 4. The van der Waals surface area contributed by atoms with Crippen LogP contribution in [0.15, 0.2) is 23.1 Å². The Bertz CT molecular complexity index is 610. The van der Waals surface area contributed by atoms with Crippen molar-refractivity contribution < 1.29 is 13.2 Å². The lowest BCUT2D eigenvalue weighted by atomic mass is 10.1. The molecule has 0 saturated carbocycles. The Morgan fingerprint density at radius 3 is 2.40 bits per heavy atom. The van der Waals surface area contributed by atoms with Crippen molar-refractivity contribution in [3.8, 4) is 0 Å². The SMILES string of the molecule is CC(C)(C)NC(=O)CNS(=O)(=O)c1cc(Cl)ccc1Cl. The summed E-state index contributed by atoms with van der Waals surface area (Å²) in [6.45, 7) is 5.02. The lowest BCUT2D eigenvalue weighted by Gasteiger charge is -2.20. The molecule has 0 saturated heterocycles. The first-order valence-electron chi connectivity index (χ1n) is 5.77. The quantitative estimate of drug-likeness (QED) is 0.883. The van der Waals surface area contributed by atoms with E-state index in [1.165, 1.54) is 18.2 Å². The number of carbonyl (C=O) groups excluding carboxylic acids is 1. The summed E-state index contributed by atoms with van der Waals surface area (Å²) in [5, 5.41) is 2.93.